The van der Waals surface area contributed by atoms with Crippen molar-refractivity contribution in [1.29, 1.82) is 0 Å². The molecule has 0 unspecified atom stereocenters. The number of anilines is 1. The predicted octanol–water partition coefficient (Wildman–Crippen LogP) is 7.05. The fourth-order valence-electron chi connectivity index (χ4n) is 3.37. The van der Waals surface area contributed by atoms with Gasteiger partial charge in [-0.25, -0.2) is 4.79 Å². The van der Waals surface area contributed by atoms with Gasteiger partial charge < -0.3 is 14.4 Å². The lowest BCUT2D eigenvalue weighted by Gasteiger charge is -2.24. The summed E-state index contributed by atoms with van der Waals surface area (Å²) in [7, 11) is 0. The van der Waals surface area contributed by atoms with Crippen molar-refractivity contribution in [2.45, 2.75) is 27.3 Å². The molecule has 0 aliphatic rings. The van der Waals surface area contributed by atoms with Gasteiger partial charge in [-0.1, -0.05) is 40.9 Å². The molecule has 8 heteroatoms. The minimum atomic E-state index is -0.433. The monoisotopic (exact) mass is 519 g/mol. The van der Waals surface area contributed by atoms with E-state index in [1.165, 1.54) is 4.90 Å². The topological polar surface area (TPSA) is 55.8 Å². The van der Waals surface area contributed by atoms with E-state index >= 15 is 0 Å². The predicted molar refractivity (Wildman–Crippen MR) is 136 cm³/mol. The lowest BCUT2D eigenvalue weighted by atomic mass is 10.1. The molecule has 1 amide bonds. The summed E-state index contributed by atoms with van der Waals surface area (Å²) in [5.41, 5.74) is 3.27. The Kier molecular flexibility index (Phi) is 8.84. The Hall–Kier alpha value is -2.73. The average Bonchev–Trinajstić information content (AvgIpc) is 2.81. The van der Waals surface area contributed by atoms with Gasteiger partial charge in [0, 0.05) is 26.3 Å². The molecule has 0 fully saturated rings. The van der Waals surface area contributed by atoms with Crippen LogP contribution in [-0.4, -0.2) is 25.1 Å². The Morgan fingerprint density at radius 3 is 2.06 bits per heavy atom. The number of aryl methyl sites for hydroxylation is 2. The number of benzene rings is 3. The van der Waals surface area contributed by atoms with Gasteiger partial charge in [0.05, 0.1) is 18.7 Å². The minimum Gasteiger partial charge on any atom is -0.484 e. The lowest BCUT2D eigenvalue weighted by Crippen LogP contribution is -2.34. The number of nitrogens with zero attached hydrogens (tertiary/aromatic N) is 1. The van der Waals surface area contributed by atoms with Crippen molar-refractivity contribution in [3.63, 3.8) is 0 Å². The first-order valence-corrected chi connectivity index (χ1v) is 11.7. The van der Waals surface area contributed by atoms with Crippen LogP contribution in [0.15, 0.2) is 54.6 Å². The number of hydrogen-bond acceptors (Lipinski definition) is 4. The molecule has 0 atom stereocenters. The maximum atomic E-state index is 13.3. The second-order valence-electron chi connectivity index (χ2n) is 7.61. The van der Waals surface area contributed by atoms with Gasteiger partial charge in [-0.05, 0) is 80.4 Å². The number of rotatable bonds is 8. The van der Waals surface area contributed by atoms with E-state index < -0.39 is 5.97 Å². The van der Waals surface area contributed by atoms with Gasteiger partial charge in [0.25, 0.3) is 5.91 Å². The zero-order valence-electron chi connectivity index (χ0n) is 19.0. The fourth-order valence-corrected chi connectivity index (χ4v) is 4.00. The van der Waals surface area contributed by atoms with Crippen LogP contribution in [0.3, 0.4) is 0 Å². The third kappa shape index (κ3) is 6.23. The maximum Gasteiger partial charge on any atom is 0.338 e. The molecule has 0 saturated carbocycles. The zero-order valence-corrected chi connectivity index (χ0v) is 21.3. The minimum absolute atomic E-state index is 0.123. The summed E-state index contributed by atoms with van der Waals surface area (Å²) in [6.07, 6.45) is 0. The molecule has 0 aliphatic heterocycles. The summed E-state index contributed by atoms with van der Waals surface area (Å²) in [6.45, 7) is 5.67. The highest BCUT2D eigenvalue weighted by Crippen LogP contribution is 2.29. The highest BCUT2D eigenvalue weighted by atomic mass is 35.5. The van der Waals surface area contributed by atoms with E-state index in [0.717, 1.165) is 11.1 Å². The first-order valence-electron chi connectivity index (χ1n) is 10.6. The van der Waals surface area contributed by atoms with E-state index in [1.54, 1.807) is 61.5 Å². The zero-order chi connectivity index (χ0) is 24.8. The van der Waals surface area contributed by atoms with E-state index in [1.807, 2.05) is 13.8 Å². The van der Waals surface area contributed by atoms with Crippen LogP contribution in [0, 0.1) is 13.8 Å². The van der Waals surface area contributed by atoms with Gasteiger partial charge in [0.15, 0.2) is 6.61 Å². The van der Waals surface area contributed by atoms with Gasteiger partial charge in [-0.15, -0.1) is 0 Å². The SMILES string of the molecule is CCOC(=O)c1ccc(N(Cc2c(Cl)cccc2Cl)C(=O)COc2cc(C)c(Cl)c(C)c2)cc1. The van der Waals surface area contributed by atoms with E-state index in [-0.39, 0.29) is 25.7 Å². The third-order valence-electron chi connectivity index (χ3n) is 5.14. The summed E-state index contributed by atoms with van der Waals surface area (Å²) in [5.74, 6) is -0.204. The smallest absolute Gasteiger partial charge is 0.338 e. The normalized spacial score (nSPS) is 10.6. The molecule has 0 spiro atoms. The molecule has 178 valence electrons. The summed E-state index contributed by atoms with van der Waals surface area (Å²) >= 11 is 19.0. The van der Waals surface area contributed by atoms with Crippen LogP contribution in [0.2, 0.25) is 15.1 Å². The molecular weight excluding hydrogens is 497 g/mol. The molecule has 0 radical (unpaired) electrons. The van der Waals surface area contributed by atoms with Crippen LogP contribution >= 0.6 is 34.8 Å². The molecule has 0 N–H and O–H groups in total. The Morgan fingerprint density at radius 2 is 1.50 bits per heavy atom. The van der Waals surface area contributed by atoms with Gasteiger partial charge in [-0.3, -0.25) is 4.79 Å². The third-order valence-corrected chi connectivity index (χ3v) is 6.45. The van der Waals surface area contributed by atoms with Crippen LogP contribution in [-0.2, 0) is 16.1 Å². The van der Waals surface area contributed by atoms with E-state index in [0.29, 0.717) is 37.6 Å². The van der Waals surface area contributed by atoms with E-state index in [9.17, 15) is 9.59 Å². The number of carbonyl (C=O) groups excluding carboxylic acids is 2. The van der Waals surface area contributed by atoms with Crippen LogP contribution in [0.5, 0.6) is 5.75 Å². The van der Waals surface area contributed by atoms with E-state index in [4.69, 9.17) is 44.3 Å². The Balaban J connectivity index is 1.88. The molecule has 34 heavy (non-hydrogen) atoms. The van der Waals surface area contributed by atoms with Crippen molar-refractivity contribution in [3.05, 3.63) is 91.9 Å². The van der Waals surface area contributed by atoms with Crippen molar-refractivity contribution < 1.29 is 19.1 Å². The van der Waals surface area contributed by atoms with E-state index in [2.05, 4.69) is 0 Å². The maximum absolute atomic E-state index is 13.3. The van der Waals surface area contributed by atoms with Gasteiger partial charge in [0.1, 0.15) is 5.75 Å². The van der Waals surface area contributed by atoms with Crippen LogP contribution in [0.1, 0.15) is 34.0 Å². The summed E-state index contributed by atoms with van der Waals surface area (Å²) in [6, 6.07) is 15.3. The second-order valence-corrected chi connectivity index (χ2v) is 8.80. The molecule has 0 heterocycles. The first kappa shape index (κ1) is 25.9. The average molecular weight is 521 g/mol. The van der Waals surface area contributed by atoms with Gasteiger partial charge in [-0.2, -0.15) is 0 Å². The number of esters is 1. The molecular formula is C26H24Cl3NO4. The quantitative estimate of drug-likeness (QED) is 0.299. The highest BCUT2D eigenvalue weighted by Gasteiger charge is 2.21. The van der Waals surface area contributed by atoms with Crippen molar-refractivity contribution >= 4 is 52.4 Å². The Bertz CT molecular complexity index is 1150. The molecule has 0 aliphatic carbocycles. The van der Waals surface area contributed by atoms with Crippen molar-refractivity contribution in [1.82, 2.24) is 0 Å². The summed E-state index contributed by atoms with van der Waals surface area (Å²) < 4.78 is 10.8. The number of amides is 1. The number of carbonyl (C=O) groups is 2. The first-order chi connectivity index (χ1) is 16.2. The largest absolute Gasteiger partial charge is 0.484 e. The van der Waals surface area contributed by atoms with Crippen LogP contribution in [0.4, 0.5) is 5.69 Å². The molecule has 0 aromatic heterocycles. The molecule has 0 bridgehead atoms. The Morgan fingerprint density at radius 1 is 0.912 bits per heavy atom. The molecule has 5 nitrogen and oxygen atoms in total. The summed E-state index contributed by atoms with van der Waals surface area (Å²) in [4.78, 5) is 26.8. The molecule has 3 aromatic rings. The molecule has 0 saturated heterocycles. The number of hydrogen-bond donors (Lipinski definition) is 0. The van der Waals surface area contributed by atoms with Crippen molar-refractivity contribution in [3.8, 4) is 5.75 Å². The highest BCUT2D eigenvalue weighted by molar-refractivity contribution is 6.36. The van der Waals surface area contributed by atoms with Crippen molar-refractivity contribution in [2.75, 3.05) is 18.1 Å². The summed E-state index contributed by atoms with van der Waals surface area (Å²) in [5, 5.41) is 1.55. The second kappa shape index (κ2) is 11.6. The van der Waals surface area contributed by atoms with Gasteiger partial charge >= 0.3 is 5.97 Å². The van der Waals surface area contributed by atoms with Gasteiger partial charge in [0.2, 0.25) is 0 Å². The van der Waals surface area contributed by atoms with Crippen LogP contribution < -0.4 is 9.64 Å². The standard InChI is InChI=1S/C26H24Cl3NO4/c1-4-33-26(32)18-8-10-19(11-9-18)30(14-21-22(27)6-5-7-23(21)28)24(31)15-34-20-12-16(2)25(29)17(3)13-20/h5-13H,4,14-15H2,1-3H3. The Labute approximate surface area is 214 Å². The fraction of sp³-hybridized carbons (Fsp3) is 0.231. The van der Waals surface area contributed by atoms with Crippen molar-refractivity contribution in [2.24, 2.45) is 0 Å². The lowest BCUT2D eigenvalue weighted by molar-refractivity contribution is -0.120. The number of ether oxygens (including phenoxy) is 2. The molecule has 3 aromatic carbocycles. The number of halogens is 3. The molecule has 3 rings (SSSR count). The van der Waals surface area contributed by atoms with Crippen LogP contribution in [0.25, 0.3) is 0 Å².